The van der Waals surface area contributed by atoms with Crippen LogP contribution in [0.2, 0.25) is 0 Å². The number of β-amino-alcohol motifs (C(OH)–C–C–N with tert-alkyl or cyclic N) is 1. The first-order valence-corrected chi connectivity index (χ1v) is 24.1. The largest absolute Gasteiger partial charge is 0.391 e. The van der Waals surface area contributed by atoms with Crippen molar-refractivity contribution >= 4 is 61.5 Å². The van der Waals surface area contributed by atoms with Gasteiger partial charge in [0.2, 0.25) is 27.7 Å². The second-order valence-corrected chi connectivity index (χ2v) is 20.4. The molecule has 0 bridgehead atoms. The number of thiazole rings is 2. The zero-order valence-electron chi connectivity index (χ0n) is 36.0. The van der Waals surface area contributed by atoms with Crippen molar-refractivity contribution < 1.29 is 32.7 Å². The van der Waals surface area contributed by atoms with Crippen molar-refractivity contribution in [2.75, 3.05) is 24.7 Å². The first-order valence-electron chi connectivity index (χ1n) is 20.5. The van der Waals surface area contributed by atoms with Gasteiger partial charge in [0.25, 0.3) is 5.91 Å². The summed E-state index contributed by atoms with van der Waals surface area (Å²) in [5, 5.41) is 24.5. The number of hydrogen-bond acceptors (Lipinski definition) is 12. The molecule has 4 heterocycles. The summed E-state index contributed by atoms with van der Waals surface area (Å²) in [6, 6.07) is 23.7. The number of nitrogens with zero attached hydrogens (tertiary/aromatic N) is 4. The van der Waals surface area contributed by atoms with Crippen molar-refractivity contribution in [1.29, 1.82) is 0 Å². The van der Waals surface area contributed by atoms with Gasteiger partial charge in [-0.1, -0.05) is 81.4 Å². The van der Waals surface area contributed by atoms with Gasteiger partial charge in [-0.05, 0) is 58.4 Å². The van der Waals surface area contributed by atoms with Crippen LogP contribution in [0.3, 0.4) is 0 Å². The van der Waals surface area contributed by atoms with Gasteiger partial charge in [0.15, 0.2) is 5.13 Å². The Morgan fingerprint density at radius 1 is 0.891 bits per heavy atom. The minimum absolute atomic E-state index is 0.0665. The van der Waals surface area contributed by atoms with Gasteiger partial charge in [0.05, 0.1) is 52.3 Å². The molecule has 334 valence electrons. The fourth-order valence-electron chi connectivity index (χ4n) is 7.44. The fourth-order valence-corrected chi connectivity index (χ4v) is 9.58. The lowest BCUT2D eigenvalue weighted by Crippen LogP contribution is -2.56. The molecule has 7 rings (SSSR count). The number of carbonyl (C=O) groups is 4. The maximum Gasteiger partial charge on any atom is 0.253 e. The Kier molecular flexibility index (Phi) is 13.9. The quantitative estimate of drug-likeness (QED) is 0.0854. The molecule has 4 amide bonds. The number of nitrogens with one attached hydrogen (secondary N) is 4. The third-order valence-corrected chi connectivity index (χ3v) is 13.5. The molecule has 0 saturated carbocycles. The zero-order chi connectivity index (χ0) is 45.8. The van der Waals surface area contributed by atoms with Crippen LogP contribution in [0, 0.1) is 12.3 Å². The predicted octanol–water partition coefficient (Wildman–Crippen LogP) is 5.67. The lowest BCUT2D eigenvalue weighted by atomic mass is 9.85. The van der Waals surface area contributed by atoms with E-state index in [9.17, 15) is 32.7 Å². The van der Waals surface area contributed by atoms with Crippen LogP contribution in [-0.2, 0) is 37.5 Å². The molecule has 0 radical (unpaired) electrons. The Labute approximate surface area is 380 Å². The summed E-state index contributed by atoms with van der Waals surface area (Å²) in [7, 11) is -3.54. The predicted molar refractivity (Wildman–Crippen MR) is 249 cm³/mol. The third kappa shape index (κ3) is 11.2. The minimum atomic E-state index is -3.54. The molecule has 1 aliphatic rings. The van der Waals surface area contributed by atoms with E-state index in [1.807, 2.05) is 111 Å². The number of amides is 4. The van der Waals surface area contributed by atoms with Crippen molar-refractivity contribution in [2.45, 2.75) is 65.4 Å². The molecule has 1 saturated heterocycles. The molecule has 64 heavy (non-hydrogen) atoms. The SMILES string of the molecule is Cc1ncsc1-c1ccc(CNC(=O)[C@@H]2C[C@@H](O)CN2C(=O)C(NCc2cccc(-c3cccc(-c4csc(NC(=O)CNC(=O)c5ccn(S(C)(=O)=O)c5)n4)c3)c2)C(C)(C)C)cc1. The first kappa shape index (κ1) is 46.0. The van der Waals surface area contributed by atoms with Crippen LogP contribution in [0.25, 0.3) is 32.8 Å². The summed E-state index contributed by atoms with van der Waals surface area (Å²) in [6.45, 7) is 8.28. The molecule has 18 heteroatoms. The van der Waals surface area contributed by atoms with Crippen LogP contribution in [0.4, 0.5) is 5.13 Å². The lowest BCUT2D eigenvalue weighted by Gasteiger charge is -2.35. The highest BCUT2D eigenvalue weighted by atomic mass is 32.2. The second-order valence-electron chi connectivity index (χ2n) is 16.8. The number of carbonyl (C=O) groups excluding carboxylic acids is 4. The molecular formula is C46H50N8O7S3. The van der Waals surface area contributed by atoms with Crippen LogP contribution < -0.4 is 21.3 Å². The van der Waals surface area contributed by atoms with Crippen LogP contribution >= 0.6 is 22.7 Å². The number of aromatic nitrogens is 3. The van der Waals surface area contributed by atoms with Gasteiger partial charge in [0, 0.05) is 49.4 Å². The van der Waals surface area contributed by atoms with Gasteiger partial charge in [-0.15, -0.1) is 22.7 Å². The number of benzene rings is 3. The number of aliphatic hydroxyl groups excluding tert-OH is 1. The number of aliphatic hydroxyl groups is 1. The van der Waals surface area contributed by atoms with E-state index in [0.717, 1.165) is 54.2 Å². The average Bonchev–Trinajstić information content (AvgIpc) is 4.10. The van der Waals surface area contributed by atoms with Crippen molar-refractivity contribution in [2.24, 2.45) is 5.41 Å². The van der Waals surface area contributed by atoms with E-state index < -0.39 is 45.4 Å². The first-order chi connectivity index (χ1) is 30.4. The molecular weight excluding hydrogens is 873 g/mol. The van der Waals surface area contributed by atoms with Gasteiger partial charge in [-0.2, -0.15) is 0 Å². The van der Waals surface area contributed by atoms with Crippen LogP contribution in [0.1, 0.15) is 54.4 Å². The molecule has 0 aliphatic carbocycles. The summed E-state index contributed by atoms with van der Waals surface area (Å²) in [5.41, 5.74) is 8.64. The highest BCUT2D eigenvalue weighted by Gasteiger charge is 2.43. The maximum atomic E-state index is 14.3. The summed E-state index contributed by atoms with van der Waals surface area (Å²) in [5.74, 6) is -1.64. The number of hydrogen-bond donors (Lipinski definition) is 5. The minimum Gasteiger partial charge on any atom is -0.391 e. The Bertz CT molecular complexity index is 2770. The van der Waals surface area contributed by atoms with Crippen LogP contribution in [0.15, 0.2) is 102 Å². The molecule has 0 spiro atoms. The fraction of sp³-hybridized carbons (Fsp3) is 0.304. The number of rotatable bonds is 15. The van der Waals surface area contributed by atoms with Crippen LogP contribution in [0.5, 0.6) is 0 Å². The Morgan fingerprint density at radius 2 is 1.61 bits per heavy atom. The highest BCUT2D eigenvalue weighted by Crippen LogP contribution is 2.31. The normalized spacial score (nSPS) is 15.8. The van der Waals surface area contributed by atoms with E-state index in [1.165, 1.54) is 34.7 Å². The lowest BCUT2D eigenvalue weighted by molar-refractivity contribution is -0.142. The van der Waals surface area contributed by atoms with Gasteiger partial charge in [-0.25, -0.2) is 18.4 Å². The monoisotopic (exact) mass is 922 g/mol. The van der Waals surface area contributed by atoms with E-state index in [0.29, 0.717) is 17.4 Å². The molecule has 3 atom stereocenters. The van der Waals surface area contributed by atoms with Crippen molar-refractivity contribution in [3.63, 3.8) is 0 Å². The van der Waals surface area contributed by atoms with Gasteiger partial charge in [0.1, 0.15) is 6.04 Å². The molecule has 1 aliphatic heterocycles. The number of likely N-dealkylation sites (tertiary alicyclic amines) is 1. The van der Waals surface area contributed by atoms with Gasteiger partial charge in [-0.3, -0.25) is 23.2 Å². The average molecular weight is 923 g/mol. The maximum absolute atomic E-state index is 14.3. The standard InChI is InChI=1S/C46H50N8O7S3/c1-28-40(63-27-50-28)31-14-12-29(13-15-31)21-48-43(58)38-20-36(55)25-54(38)44(59)41(46(2,3)4)47-22-30-8-6-9-32(18-30)33-10-7-11-34(19-33)37-26-62-45(51-37)52-39(56)23-49-42(57)35-16-17-53(24-35)64(5,60)61/h6-19,24,26-27,36,38,41,47,55H,20-23,25H2,1-5H3,(H,48,58)(H,49,57)(H,51,52,56)/t36-,38+,41?/m1/s1. The molecule has 3 aromatic carbocycles. The Balaban J connectivity index is 0.951. The Hall–Kier alpha value is -6.05. The van der Waals surface area contributed by atoms with E-state index >= 15 is 0 Å². The van der Waals surface area contributed by atoms with Crippen LogP contribution in [-0.4, -0.2) is 93.5 Å². The zero-order valence-corrected chi connectivity index (χ0v) is 38.4. The third-order valence-electron chi connectivity index (χ3n) is 10.8. The Morgan fingerprint density at radius 3 is 2.30 bits per heavy atom. The van der Waals surface area contributed by atoms with E-state index in [-0.39, 0.29) is 43.4 Å². The number of anilines is 1. The smallest absolute Gasteiger partial charge is 0.253 e. The van der Waals surface area contributed by atoms with Crippen molar-refractivity contribution in [3.8, 4) is 32.8 Å². The molecule has 5 N–H and O–H groups in total. The second kappa shape index (κ2) is 19.4. The molecule has 1 unspecified atom stereocenters. The molecule has 1 fully saturated rings. The van der Waals surface area contributed by atoms with Gasteiger partial charge >= 0.3 is 0 Å². The molecule has 3 aromatic heterocycles. The van der Waals surface area contributed by atoms with E-state index in [2.05, 4.69) is 31.2 Å². The topological polar surface area (TPSA) is 205 Å². The summed E-state index contributed by atoms with van der Waals surface area (Å²) in [6.07, 6.45) is 2.79. The summed E-state index contributed by atoms with van der Waals surface area (Å²) < 4.78 is 24.3. The van der Waals surface area contributed by atoms with E-state index in [4.69, 9.17) is 0 Å². The number of aryl methyl sites for hydroxylation is 1. The van der Waals surface area contributed by atoms with Gasteiger partial charge < -0.3 is 31.3 Å². The van der Waals surface area contributed by atoms with E-state index in [1.54, 1.807) is 11.3 Å². The molecule has 6 aromatic rings. The molecule has 15 nitrogen and oxygen atoms in total. The van der Waals surface area contributed by atoms with Crippen molar-refractivity contribution in [1.82, 2.24) is 34.8 Å². The summed E-state index contributed by atoms with van der Waals surface area (Å²) in [4.78, 5) is 64.5. The highest BCUT2D eigenvalue weighted by molar-refractivity contribution is 7.89. The summed E-state index contributed by atoms with van der Waals surface area (Å²) >= 11 is 2.82. The van der Waals surface area contributed by atoms with Crippen molar-refractivity contribution in [3.05, 3.63) is 125 Å².